The molecule has 0 bridgehead atoms. The molecule has 28 heavy (non-hydrogen) atoms. The molecule has 2 amide bonds. The fourth-order valence-electron chi connectivity index (χ4n) is 3.49. The van der Waals surface area contributed by atoms with Crippen LogP contribution in [-0.2, 0) is 4.79 Å². The van der Waals surface area contributed by atoms with Gasteiger partial charge in [0.15, 0.2) is 0 Å². The van der Waals surface area contributed by atoms with Crippen LogP contribution in [0.4, 0.5) is 0 Å². The Labute approximate surface area is 165 Å². The van der Waals surface area contributed by atoms with E-state index in [1.165, 1.54) is 0 Å². The summed E-state index contributed by atoms with van der Waals surface area (Å²) in [5.74, 6) is 0.854. The topological polar surface area (TPSA) is 66.0 Å². The fourth-order valence-corrected chi connectivity index (χ4v) is 3.49. The summed E-state index contributed by atoms with van der Waals surface area (Å²) in [6.45, 7) is 8.46. The molecular weight excluding hydrogens is 356 g/mol. The van der Waals surface area contributed by atoms with E-state index in [1.807, 2.05) is 47.9 Å². The van der Waals surface area contributed by atoms with Crippen molar-refractivity contribution in [3.63, 3.8) is 0 Å². The smallest absolute Gasteiger partial charge is 0.272 e. The number of likely N-dealkylation sites (N-methyl/N-ethyl adjacent to an activating group) is 1. The second kappa shape index (κ2) is 9.01. The van der Waals surface area contributed by atoms with Gasteiger partial charge in [-0.2, -0.15) is 0 Å². The van der Waals surface area contributed by atoms with E-state index in [2.05, 4.69) is 9.88 Å². The molecule has 1 saturated heterocycles. The Balaban J connectivity index is 1.60. The van der Waals surface area contributed by atoms with Crippen LogP contribution in [0.15, 0.2) is 30.3 Å². The summed E-state index contributed by atoms with van der Waals surface area (Å²) in [6, 6.07) is 9.27. The third-order valence-electron chi connectivity index (χ3n) is 5.25. The summed E-state index contributed by atoms with van der Waals surface area (Å²) in [6.07, 6.45) is 0. The Morgan fingerprint density at radius 3 is 2.43 bits per heavy atom. The highest BCUT2D eigenvalue weighted by molar-refractivity contribution is 5.95. The molecule has 1 aliphatic rings. The SMILES string of the molecule is CCN(CC)C(=O)CN1CCN(C(=O)c2ccc3cc(OC)ccc3n2)CC1. The van der Waals surface area contributed by atoms with Crippen molar-refractivity contribution in [3.05, 3.63) is 36.0 Å². The van der Waals surface area contributed by atoms with Crippen LogP contribution < -0.4 is 4.74 Å². The molecule has 7 nitrogen and oxygen atoms in total. The van der Waals surface area contributed by atoms with Crippen LogP contribution in [0.1, 0.15) is 24.3 Å². The maximum atomic E-state index is 12.8. The van der Waals surface area contributed by atoms with Gasteiger partial charge >= 0.3 is 0 Å². The number of fused-ring (bicyclic) bond motifs is 1. The highest BCUT2D eigenvalue weighted by Gasteiger charge is 2.25. The predicted octanol–water partition coefficient (Wildman–Crippen LogP) is 1.87. The predicted molar refractivity (Wildman–Crippen MR) is 109 cm³/mol. The average Bonchev–Trinajstić information content (AvgIpc) is 2.74. The standard InChI is InChI=1S/C21H28N4O3/c1-4-24(5-2)20(26)15-23-10-12-25(13-11-23)21(27)19-8-6-16-14-17(28-3)7-9-18(16)22-19/h6-9,14H,4-5,10-13,15H2,1-3H3. The molecule has 2 aromatic rings. The van der Waals surface area contributed by atoms with Gasteiger partial charge in [-0.15, -0.1) is 0 Å². The highest BCUT2D eigenvalue weighted by atomic mass is 16.5. The summed E-state index contributed by atoms with van der Waals surface area (Å²) in [7, 11) is 1.63. The lowest BCUT2D eigenvalue weighted by Gasteiger charge is -2.35. The Kier molecular flexibility index (Phi) is 6.46. The summed E-state index contributed by atoms with van der Waals surface area (Å²) in [5.41, 5.74) is 1.22. The summed E-state index contributed by atoms with van der Waals surface area (Å²) < 4.78 is 5.23. The maximum absolute atomic E-state index is 12.8. The average molecular weight is 384 g/mol. The number of rotatable bonds is 6. The van der Waals surface area contributed by atoms with E-state index in [0.717, 1.165) is 29.7 Å². The lowest BCUT2D eigenvalue weighted by molar-refractivity contribution is -0.132. The van der Waals surface area contributed by atoms with Crippen molar-refractivity contribution in [3.8, 4) is 5.75 Å². The van der Waals surface area contributed by atoms with E-state index >= 15 is 0 Å². The van der Waals surface area contributed by atoms with Crippen molar-refractivity contribution in [2.75, 3.05) is 52.9 Å². The van der Waals surface area contributed by atoms with Crippen LogP contribution >= 0.6 is 0 Å². The number of hydrogen-bond acceptors (Lipinski definition) is 5. The molecule has 7 heteroatoms. The lowest BCUT2D eigenvalue weighted by Crippen LogP contribution is -2.51. The van der Waals surface area contributed by atoms with Gasteiger partial charge in [-0.25, -0.2) is 4.98 Å². The van der Waals surface area contributed by atoms with Crippen molar-refractivity contribution in [1.29, 1.82) is 0 Å². The first-order chi connectivity index (χ1) is 13.5. The summed E-state index contributed by atoms with van der Waals surface area (Å²) in [5, 5.41) is 0.940. The number of ether oxygens (including phenoxy) is 1. The Morgan fingerprint density at radius 2 is 1.79 bits per heavy atom. The van der Waals surface area contributed by atoms with Crippen molar-refractivity contribution in [2.24, 2.45) is 0 Å². The first-order valence-corrected chi connectivity index (χ1v) is 9.80. The van der Waals surface area contributed by atoms with E-state index in [-0.39, 0.29) is 11.8 Å². The second-order valence-corrected chi connectivity index (χ2v) is 6.89. The number of nitrogens with zero attached hydrogens (tertiary/aromatic N) is 4. The third kappa shape index (κ3) is 4.42. The number of methoxy groups -OCH3 is 1. The number of hydrogen-bond donors (Lipinski definition) is 0. The van der Waals surface area contributed by atoms with Crippen LogP contribution in [0, 0.1) is 0 Å². The zero-order valence-corrected chi connectivity index (χ0v) is 16.9. The molecule has 0 unspecified atom stereocenters. The largest absolute Gasteiger partial charge is 0.497 e. The van der Waals surface area contributed by atoms with Crippen LogP contribution in [0.25, 0.3) is 10.9 Å². The molecule has 150 valence electrons. The van der Waals surface area contributed by atoms with Gasteiger partial charge in [0.05, 0.1) is 19.2 Å². The maximum Gasteiger partial charge on any atom is 0.272 e. The monoisotopic (exact) mass is 384 g/mol. The summed E-state index contributed by atoms with van der Waals surface area (Å²) in [4.78, 5) is 35.4. The normalized spacial score (nSPS) is 14.9. The van der Waals surface area contributed by atoms with E-state index in [0.29, 0.717) is 38.4 Å². The quantitative estimate of drug-likeness (QED) is 0.761. The van der Waals surface area contributed by atoms with Gasteiger partial charge in [0.2, 0.25) is 5.91 Å². The van der Waals surface area contributed by atoms with Crippen LogP contribution in [0.3, 0.4) is 0 Å². The van der Waals surface area contributed by atoms with E-state index in [1.54, 1.807) is 13.2 Å². The molecule has 1 fully saturated rings. The Morgan fingerprint density at radius 1 is 1.07 bits per heavy atom. The van der Waals surface area contributed by atoms with Crippen LogP contribution in [0.5, 0.6) is 5.75 Å². The Bertz CT molecular complexity index is 843. The zero-order valence-electron chi connectivity index (χ0n) is 16.9. The minimum atomic E-state index is -0.0626. The Hall–Kier alpha value is -2.67. The molecule has 0 spiro atoms. The first-order valence-electron chi connectivity index (χ1n) is 9.80. The lowest BCUT2D eigenvalue weighted by atomic mass is 10.1. The van der Waals surface area contributed by atoms with Crippen LogP contribution in [0.2, 0.25) is 0 Å². The molecule has 0 atom stereocenters. The molecule has 2 heterocycles. The van der Waals surface area contributed by atoms with E-state index in [9.17, 15) is 9.59 Å². The van der Waals surface area contributed by atoms with Crippen molar-refractivity contribution >= 4 is 22.7 Å². The molecule has 0 saturated carbocycles. The highest BCUT2D eigenvalue weighted by Crippen LogP contribution is 2.20. The number of carbonyl (C=O) groups excluding carboxylic acids is 2. The minimum absolute atomic E-state index is 0.0626. The number of amides is 2. The summed E-state index contributed by atoms with van der Waals surface area (Å²) >= 11 is 0. The van der Waals surface area contributed by atoms with Crippen LogP contribution in [-0.4, -0.2) is 84.4 Å². The van der Waals surface area contributed by atoms with E-state index in [4.69, 9.17) is 4.74 Å². The third-order valence-corrected chi connectivity index (χ3v) is 5.25. The minimum Gasteiger partial charge on any atom is -0.497 e. The van der Waals surface area contributed by atoms with Gasteiger partial charge in [-0.05, 0) is 38.1 Å². The van der Waals surface area contributed by atoms with Gasteiger partial charge < -0.3 is 14.5 Å². The second-order valence-electron chi connectivity index (χ2n) is 6.89. The van der Waals surface area contributed by atoms with Gasteiger partial charge in [0.25, 0.3) is 5.91 Å². The van der Waals surface area contributed by atoms with Gasteiger partial charge in [0, 0.05) is 44.7 Å². The van der Waals surface area contributed by atoms with Gasteiger partial charge in [-0.3, -0.25) is 14.5 Å². The molecule has 1 aliphatic heterocycles. The van der Waals surface area contributed by atoms with Gasteiger partial charge in [-0.1, -0.05) is 6.07 Å². The first kappa shape index (κ1) is 20.1. The van der Waals surface area contributed by atoms with Gasteiger partial charge in [0.1, 0.15) is 11.4 Å². The number of benzene rings is 1. The number of carbonyl (C=O) groups is 2. The fraction of sp³-hybridized carbons (Fsp3) is 0.476. The van der Waals surface area contributed by atoms with Crippen molar-refractivity contribution in [2.45, 2.75) is 13.8 Å². The van der Waals surface area contributed by atoms with Crippen molar-refractivity contribution < 1.29 is 14.3 Å². The molecule has 0 radical (unpaired) electrons. The molecule has 1 aromatic carbocycles. The number of piperazine rings is 1. The van der Waals surface area contributed by atoms with Crippen molar-refractivity contribution in [1.82, 2.24) is 19.7 Å². The van der Waals surface area contributed by atoms with E-state index < -0.39 is 0 Å². The molecule has 1 aromatic heterocycles. The molecule has 3 rings (SSSR count). The zero-order chi connectivity index (χ0) is 20.1. The number of pyridine rings is 1. The molecule has 0 N–H and O–H groups in total. The molecule has 0 aliphatic carbocycles. The number of aromatic nitrogens is 1. The molecular formula is C21H28N4O3.